The summed E-state index contributed by atoms with van der Waals surface area (Å²) in [6.07, 6.45) is 3.55. The highest BCUT2D eigenvalue weighted by atomic mass is 35.5. The molecule has 1 aliphatic carbocycles. The van der Waals surface area contributed by atoms with E-state index >= 15 is 0 Å². The number of anilines is 1. The third kappa shape index (κ3) is 5.30. The zero-order valence-electron chi connectivity index (χ0n) is 31.7. The van der Waals surface area contributed by atoms with Crippen molar-refractivity contribution in [1.82, 2.24) is 23.5 Å². The van der Waals surface area contributed by atoms with E-state index in [0.717, 1.165) is 15.5 Å². The third-order valence-electron chi connectivity index (χ3n) is 12.1. The topological polar surface area (TPSA) is 169 Å². The number of carbonyl (C=O) groups excluding carboxylic acids is 2. The van der Waals surface area contributed by atoms with Gasteiger partial charge in [-0.1, -0.05) is 17.7 Å². The van der Waals surface area contributed by atoms with Gasteiger partial charge in [-0.25, -0.2) is 37.8 Å². The van der Waals surface area contributed by atoms with Gasteiger partial charge in [-0.05, 0) is 60.9 Å². The zero-order valence-corrected chi connectivity index (χ0v) is 32.4. The maximum Gasteiger partial charge on any atom is 0.347 e. The predicted molar refractivity (Wildman–Crippen MR) is 208 cm³/mol. The lowest BCUT2D eigenvalue weighted by Crippen LogP contribution is -2.51. The molecular weight excluding hydrogens is 775 g/mol. The number of methoxy groups -OCH3 is 2. The number of aryl methyl sites for hydroxylation is 2. The van der Waals surface area contributed by atoms with Crippen molar-refractivity contribution in [3.05, 3.63) is 125 Å². The van der Waals surface area contributed by atoms with Crippen LogP contribution in [0.1, 0.15) is 30.6 Å². The van der Waals surface area contributed by atoms with Crippen LogP contribution in [0.3, 0.4) is 0 Å². The Morgan fingerprint density at radius 3 is 2.52 bits per heavy atom. The Kier molecular flexibility index (Phi) is 8.54. The second-order valence-electron chi connectivity index (χ2n) is 15.1. The number of rotatable bonds is 7. The molecule has 5 heterocycles. The number of halogens is 2. The molecule has 9 rings (SSSR count). The van der Waals surface area contributed by atoms with Crippen LogP contribution >= 0.6 is 11.6 Å². The van der Waals surface area contributed by atoms with Crippen molar-refractivity contribution in [2.24, 2.45) is 24.3 Å². The maximum absolute atomic E-state index is 14.7. The molecule has 2 amide bonds. The average molecular weight is 811 g/mol. The molecule has 0 spiro atoms. The van der Waals surface area contributed by atoms with E-state index in [2.05, 4.69) is 4.98 Å². The van der Waals surface area contributed by atoms with Crippen molar-refractivity contribution < 1.29 is 33.3 Å². The van der Waals surface area contributed by atoms with Crippen molar-refractivity contribution >= 4 is 40.1 Å². The first-order valence-electron chi connectivity index (χ1n) is 18.5. The average Bonchev–Trinajstić information content (AvgIpc) is 3.57. The lowest BCUT2D eigenvalue weighted by Gasteiger charge is -2.48. The fourth-order valence-electron chi connectivity index (χ4n) is 9.31. The number of amides is 2. The minimum atomic E-state index is -1.41. The number of hydrogen-bond donors (Lipinski definition) is 1. The summed E-state index contributed by atoms with van der Waals surface area (Å²) in [4.78, 5) is 76.8. The van der Waals surface area contributed by atoms with Crippen LogP contribution in [0.25, 0.3) is 11.0 Å². The summed E-state index contributed by atoms with van der Waals surface area (Å²) >= 11 is 6.12. The van der Waals surface area contributed by atoms with Crippen LogP contribution in [0.5, 0.6) is 23.0 Å². The van der Waals surface area contributed by atoms with E-state index in [9.17, 15) is 33.5 Å². The highest BCUT2D eigenvalue weighted by Crippen LogP contribution is 2.60. The fraction of sp³-hybridized carbons (Fsp3) is 0.317. The number of aromatic nitrogens is 5. The van der Waals surface area contributed by atoms with E-state index in [1.54, 1.807) is 44.5 Å². The van der Waals surface area contributed by atoms with Gasteiger partial charge in [0, 0.05) is 50.0 Å². The number of phenolic OH excluding ortho intramolecular Hbond substituents is 1. The maximum atomic E-state index is 14.7. The van der Waals surface area contributed by atoms with Crippen LogP contribution in [0, 0.1) is 23.1 Å². The molecule has 1 saturated carbocycles. The molecule has 15 nitrogen and oxygen atoms in total. The number of nitrogens with zero attached hydrogens (tertiary/aromatic N) is 6. The first-order valence-corrected chi connectivity index (χ1v) is 18.9. The van der Waals surface area contributed by atoms with E-state index in [-0.39, 0.29) is 54.5 Å². The van der Waals surface area contributed by atoms with Crippen LogP contribution in [0.15, 0.2) is 86.4 Å². The molecule has 58 heavy (non-hydrogen) atoms. The number of hydrogen-bond acceptors (Lipinski definition) is 10. The largest absolute Gasteiger partial charge is 0.508 e. The molecule has 5 aromatic rings. The van der Waals surface area contributed by atoms with Gasteiger partial charge in [-0.2, -0.15) is 0 Å². The Morgan fingerprint density at radius 2 is 1.78 bits per heavy atom. The van der Waals surface area contributed by atoms with Crippen LogP contribution in [0.2, 0.25) is 5.02 Å². The van der Waals surface area contributed by atoms with Gasteiger partial charge < -0.3 is 23.9 Å². The van der Waals surface area contributed by atoms with E-state index < -0.39 is 57.9 Å². The molecule has 1 saturated heterocycles. The quantitative estimate of drug-likeness (QED) is 0.187. The first kappa shape index (κ1) is 37.2. The number of phenols is 1. The number of benzene rings is 3. The van der Waals surface area contributed by atoms with Gasteiger partial charge in [0.05, 0.1) is 66.1 Å². The first-order chi connectivity index (χ1) is 27.8. The number of imide groups is 1. The van der Waals surface area contributed by atoms with Crippen molar-refractivity contribution in [2.75, 3.05) is 19.1 Å². The van der Waals surface area contributed by atoms with E-state index in [1.807, 2.05) is 6.08 Å². The van der Waals surface area contributed by atoms with Crippen molar-refractivity contribution in [3.8, 4) is 23.0 Å². The minimum Gasteiger partial charge on any atom is -0.508 e. The monoisotopic (exact) mass is 810 g/mol. The Balaban J connectivity index is 1.12. The second-order valence-corrected chi connectivity index (χ2v) is 15.5. The number of fused-ring (bicyclic) bond motifs is 6. The zero-order chi connectivity index (χ0) is 40.9. The number of allylic oxidation sites excluding steroid dienone is 3. The summed E-state index contributed by atoms with van der Waals surface area (Å²) in [6.45, 7) is 1.52. The van der Waals surface area contributed by atoms with Crippen LogP contribution < -0.4 is 36.0 Å². The van der Waals surface area contributed by atoms with Gasteiger partial charge in [0.15, 0.2) is 11.5 Å². The second kappa shape index (κ2) is 13.3. The van der Waals surface area contributed by atoms with E-state index in [0.29, 0.717) is 45.0 Å². The summed E-state index contributed by atoms with van der Waals surface area (Å²) < 4.78 is 36.2. The molecule has 2 aromatic heterocycles. The third-order valence-corrected chi connectivity index (χ3v) is 12.4. The molecule has 4 aliphatic rings. The number of aromatic hydroxyl groups is 1. The lowest BCUT2D eigenvalue weighted by atomic mass is 9.56. The summed E-state index contributed by atoms with van der Waals surface area (Å²) in [5, 5.41) is 10.1. The van der Waals surface area contributed by atoms with Crippen LogP contribution in [-0.2, 0) is 42.6 Å². The van der Waals surface area contributed by atoms with Gasteiger partial charge in [0.25, 0.3) is 5.56 Å². The standard InChI is InChI=1S/C41H36ClFN6O9/c1-41-25(36(51)48(38(41)53)22-5-7-27(43)26(42)15-22)16-30-24(35(41)21-13-20-14-23(50)6-8-32(20)58-19-21)9-12-47-39(54)46(40(55)49(30)47)11-10-28-37(52)45(2)31-18-34(57-4)33(56-3)17-29(31)44-28/h5-9,14-15,17-19,25,30,35,50H,10-13,16H2,1-4H3/t25-,30+,35-,41+/m0/s1. The molecule has 2 fully saturated rings. The Hall–Kier alpha value is -6.42. The lowest BCUT2D eigenvalue weighted by molar-refractivity contribution is -0.130. The minimum absolute atomic E-state index is 0.0121. The Morgan fingerprint density at radius 1 is 1.02 bits per heavy atom. The molecule has 0 bridgehead atoms. The van der Waals surface area contributed by atoms with Gasteiger partial charge in [0.1, 0.15) is 23.0 Å². The molecule has 0 radical (unpaired) electrons. The van der Waals surface area contributed by atoms with Crippen LogP contribution in [0.4, 0.5) is 10.1 Å². The van der Waals surface area contributed by atoms with Gasteiger partial charge in [0.2, 0.25) is 11.8 Å². The van der Waals surface area contributed by atoms with E-state index in [4.69, 9.17) is 25.8 Å². The van der Waals surface area contributed by atoms with Crippen molar-refractivity contribution in [3.63, 3.8) is 0 Å². The number of carbonyl (C=O) groups is 2. The molecule has 298 valence electrons. The molecule has 3 aliphatic heterocycles. The van der Waals surface area contributed by atoms with Crippen molar-refractivity contribution in [1.29, 1.82) is 0 Å². The van der Waals surface area contributed by atoms with Gasteiger partial charge >= 0.3 is 11.4 Å². The predicted octanol–water partition coefficient (Wildman–Crippen LogP) is 4.03. The van der Waals surface area contributed by atoms with Gasteiger partial charge in [-0.3, -0.25) is 14.4 Å². The summed E-state index contributed by atoms with van der Waals surface area (Å²) in [5.74, 6) is -2.25. The van der Waals surface area contributed by atoms with Crippen molar-refractivity contribution in [2.45, 2.75) is 45.3 Å². The molecule has 3 aromatic carbocycles. The molecular formula is C41H36ClFN6O9. The van der Waals surface area contributed by atoms with Gasteiger partial charge in [-0.15, -0.1) is 0 Å². The van der Waals surface area contributed by atoms with Crippen LogP contribution in [-0.4, -0.2) is 54.6 Å². The summed E-state index contributed by atoms with van der Waals surface area (Å²) in [7, 11) is 4.56. The summed E-state index contributed by atoms with van der Waals surface area (Å²) in [5.41, 5.74) is 0.00344. The normalized spacial score (nSPS) is 22.1. The molecule has 1 N–H and O–H groups in total. The number of ether oxygens (including phenoxy) is 3. The van der Waals surface area contributed by atoms with E-state index in [1.165, 1.54) is 46.3 Å². The Bertz CT molecular complexity index is 2890. The SMILES string of the molecule is COc1cc2nc(CCn3c(=O)n4n(c3=O)[C@@H]3C[C@H]5C(=O)N(c6ccc(F)c(Cl)c6)C(=O)[C@@]5(C)[C@@H](C5=COc6ccc(O)cc6C5)C3=CC4)c(=O)n(C)c2cc1OC. The molecule has 0 unspecified atom stereocenters. The smallest absolute Gasteiger partial charge is 0.347 e. The Labute approximate surface area is 333 Å². The molecule has 17 heteroatoms. The molecule has 4 atom stereocenters. The summed E-state index contributed by atoms with van der Waals surface area (Å²) in [6, 6.07) is 10.8. The highest BCUT2D eigenvalue weighted by molar-refractivity contribution is 6.31. The highest BCUT2D eigenvalue weighted by Gasteiger charge is 2.66. The fourth-order valence-corrected chi connectivity index (χ4v) is 9.48.